The number of aryl methyl sites for hydroxylation is 1. The van der Waals surface area contributed by atoms with Crippen molar-refractivity contribution in [3.05, 3.63) is 10.3 Å². The zero-order chi connectivity index (χ0) is 11.7. The van der Waals surface area contributed by atoms with Gasteiger partial charge in [0.1, 0.15) is 11.0 Å². The van der Waals surface area contributed by atoms with Crippen LogP contribution in [-0.4, -0.2) is 27.6 Å². The topological polar surface area (TPSA) is 34.0 Å². The number of fused-ring (bicyclic) bond motifs is 1. The third-order valence-electron chi connectivity index (χ3n) is 2.61. The van der Waals surface area contributed by atoms with Gasteiger partial charge in [0.15, 0.2) is 15.4 Å². The fourth-order valence-corrected chi connectivity index (χ4v) is 2.96. The van der Waals surface area contributed by atoms with E-state index in [1.807, 2.05) is 11.6 Å². The molecule has 0 aromatic carbocycles. The summed E-state index contributed by atoms with van der Waals surface area (Å²) in [6, 6.07) is 0. The van der Waals surface area contributed by atoms with Crippen LogP contribution in [-0.2, 0) is 7.05 Å². The second-order valence-electron chi connectivity index (χ2n) is 3.45. The largest absolute Gasteiger partial charge is 0.356 e. The van der Waals surface area contributed by atoms with E-state index in [0.29, 0.717) is 0 Å². The van der Waals surface area contributed by atoms with Crippen molar-refractivity contribution in [3.8, 4) is 0 Å². The van der Waals surface area contributed by atoms with Gasteiger partial charge in [0, 0.05) is 20.1 Å². The molecule has 86 valence electrons. The van der Waals surface area contributed by atoms with Crippen molar-refractivity contribution < 1.29 is 0 Å². The minimum atomic E-state index is 0.837. The van der Waals surface area contributed by atoms with Gasteiger partial charge in [-0.05, 0) is 26.1 Å². The van der Waals surface area contributed by atoms with Gasteiger partial charge >= 0.3 is 0 Å². The molecule has 2 aromatic rings. The maximum atomic E-state index is 5.27. The Morgan fingerprint density at radius 1 is 1.38 bits per heavy atom. The van der Waals surface area contributed by atoms with Crippen molar-refractivity contribution in [3.63, 3.8) is 0 Å². The summed E-state index contributed by atoms with van der Waals surface area (Å²) in [6.45, 7) is 6.13. The molecular formula is C10H14N4S2. The summed E-state index contributed by atoms with van der Waals surface area (Å²) in [7, 11) is 1.94. The van der Waals surface area contributed by atoms with Crippen LogP contribution in [0.1, 0.15) is 13.8 Å². The SMILES string of the molecule is CCN(CC)c1ncnc2c1sc(=S)n2C. The van der Waals surface area contributed by atoms with Gasteiger partial charge in [0.05, 0.1) is 0 Å². The summed E-state index contributed by atoms with van der Waals surface area (Å²) < 4.78 is 3.85. The first-order chi connectivity index (χ1) is 7.69. The summed E-state index contributed by atoms with van der Waals surface area (Å²) in [5, 5.41) is 0. The Morgan fingerprint density at radius 3 is 2.69 bits per heavy atom. The summed E-state index contributed by atoms with van der Waals surface area (Å²) >= 11 is 6.84. The van der Waals surface area contributed by atoms with E-state index in [2.05, 4.69) is 28.7 Å². The number of nitrogens with zero attached hydrogens (tertiary/aromatic N) is 4. The van der Waals surface area contributed by atoms with Gasteiger partial charge in [0.2, 0.25) is 0 Å². The third-order valence-corrected chi connectivity index (χ3v) is 4.15. The molecule has 2 heterocycles. The van der Waals surface area contributed by atoms with Crippen LogP contribution in [0.15, 0.2) is 6.33 Å². The number of rotatable bonds is 3. The summed E-state index contributed by atoms with van der Waals surface area (Å²) in [4.78, 5) is 10.9. The van der Waals surface area contributed by atoms with E-state index >= 15 is 0 Å². The van der Waals surface area contributed by atoms with Gasteiger partial charge in [-0.1, -0.05) is 11.3 Å². The number of anilines is 1. The van der Waals surface area contributed by atoms with Crippen LogP contribution in [0.5, 0.6) is 0 Å². The third kappa shape index (κ3) is 1.72. The van der Waals surface area contributed by atoms with Crippen molar-refractivity contribution in [2.45, 2.75) is 13.8 Å². The number of thiazole rings is 1. The minimum Gasteiger partial charge on any atom is -0.356 e. The quantitative estimate of drug-likeness (QED) is 0.789. The maximum absolute atomic E-state index is 5.27. The van der Waals surface area contributed by atoms with Crippen LogP contribution in [0.25, 0.3) is 10.3 Å². The molecule has 0 amide bonds. The molecule has 2 aromatic heterocycles. The fraction of sp³-hybridized carbons (Fsp3) is 0.500. The van der Waals surface area contributed by atoms with Crippen LogP contribution in [0.4, 0.5) is 5.82 Å². The van der Waals surface area contributed by atoms with E-state index in [4.69, 9.17) is 12.2 Å². The highest BCUT2D eigenvalue weighted by Crippen LogP contribution is 2.28. The lowest BCUT2D eigenvalue weighted by molar-refractivity contribution is 0.846. The minimum absolute atomic E-state index is 0.837. The van der Waals surface area contributed by atoms with Crippen molar-refractivity contribution in [2.24, 2.45) is 7.05 Å². The Labute approximate surface area is 104 Å². The average Bonchev–Trinajstić information content (AvgIpc) is 2.58. The molecule has 4 nitrogen and oxygen atoms in total. The van der Waals surface area contributed by atoms with E-state index in [1.165, 1.54) is 0 Å². The van der Waals surface area contributed by atoms with Crippen molar-refractivity contribution in [1.82, 2.24) is 14.5 Å². The highest BCUT2D eigenvalue weighted by atomic mass is 32.1. The zero-order valence-corrected chi connectivity index (χ0v) is 11.2. The molecule has 6 heteroatoms. The van der Waals surface area contributed by atoms with Crippen LogP contribution in [0.3, 0.4) is 0 Å². The molecule has 2 rings (SSSR count). The lowest BCUT2D eigenvalue weighted by Crippen LogP contribution is -2.23. The van der Waals surface area contributed by atoms with Gasteiger partial charge in [-0.25, -0.2) is 9.97 Å². The van der Waals surface area contributed by atoms with E-state index in [9.17, 15) is 0 Å². The predicted octanol–water partition coefficient (Wildman–Crippen LogP) is 2.61. The molecule has 0 bridgehead atoms. The Hall–Kier alpha value is -1.01. The maximum Gasteiger partial charge on any atom is 0.163 e. The molecule has 0 saturated heterocycles. The normalized spacial score (nSPS) is 10.9. The summed E-state index contributed by atoms with van der Waals surface area (Å²) in [5.41, 5.74) is 0.923. The Bertz CT molecular complexity index is 553. The standard InChI is InChI=1S/C10H14N4S2/c1-4-14(5-2)9-7-8(11-6-12-9)13(3)10(15)16-7/h6H,4-5H2,1-3H3. The number of hydrogen-bond donors (Lipinski definition) is 0. The number of hydrogen-bond acceptors (Lipinski definition) is 5. The predicted molar refractivity (Wildman–Crippen MR) is 70.8 cm³/mol. The van der Waals surface area contributed by atoms with Crippen molar-refractivity contribution in [1.29, 1.82) is 0 Å². The molecule has 0 spiro atoms. The summed E-state index contributed by atoms with van der Waals surface area (Å²) in [5.74, 6) is 0.992. The van der Waals surface area contributed by atoms with Gasteiger partial charge in [0.25, 0.3) is 0 Å². The van der Waals surface area contributed by atoms with E-state index in [-0.39, 0.29) is 0 Å². The van der Waals surface area contributed by atoms with E-state index in [0.717, 1.165) is 33.2 Å². The van der Waals surface area contributed by atoms with Crippen molar-refractivity contribution >= 4 is 39.7 Å². The molecule has 0 N–H and O–H groups in total. The fourth-order valence-electron chi connectivity index (χ4n) is 1.68. The first kappa shape index (κ1) is 11.5. The van der Waals surface area contributed by atoms with E-state index in [1.54, 1.807) is 17.7 Å². The Balaban J connectivity index is 2.71. The van der Waals surface area contributed by atoms with E-state index < -0.39 is 0 Å². The van der Waals surface area contributed by atoms with Crippen molar-refractivity contribution in [2.75, 3.05) is 18.0 Å². The smallest absolute Gasteiger partial charge is 0.163 e. The van der Waals surface area contributed by atoms with Crippen LogP contribution >= 0.6 is 23.6 Å². The zero-order valence-electron chi connectivity index (χ0n) is 9.60. The first-order valence-electron chi connectivity index (χ1n) is 5.24. The molecule has 0 aliphatic carbocycles. The monoisotopic (exact) mass is 254 g/mol. The first-order valence-corrected chi connectivity index (χ1v) is 6.47. The molecule has 0 fully saturated rings. The molecule has 0 aliphatic rings. The molecular weight excluding hydrogens is 240 g/mol. The van der Waals surface area contributed by atoms with Gasteiger partial charge in [-0.15, -0.1) is 0 Å². The second-order valence-corrected chi connectivity index (χ2v) is 5.09. The van der Waals surface area contributed by atoms with Gasteiger partial charge < -0.3 is 9.47 Å². The Kier molecular flexibility index (Phi) is 3.20. The van der Waals surface area contributed by atoms with Crippen LogP contribution < -0.4 is 4.90 Å². The number of aromatic nitrogens is 3. The van der Waals surface area contributed by atoms with Gasteiger partial charge in [-0.3, -0.25) is 0 Å². The lowest BCUT2D eigenvalue weighted by Gasteiger charge is -2.19. The molecule has 0 unspecified atom stereocenters. The lowest BCUT2D eigenvalue weighted by atomic mass is 10.4. The Morgan fingerprint density at radius 2 is 2.06 bits per heavy atom. The molecule has 0 saturated carbocycles. The molecule has 16 heavy (non-hydrogen) atoms. The van der Waals surface area contributed by atoms with Crippen LogP contribution in [0.2, 0.25) is 0 Å². The highest BCUT2D eigenvalue weighted by Gasteiger charge is 2.13. The van der Waals surface area contributed by atoms with Crippen LogP contribution in [0, 0.1) is 3.95 Å². The second kappa shape index (κ2) is 4.47. The summed E-state index contributed by atoms with van der Waals surface area (Å²) in [6.07, 6.45) is 1.61. The molecule has 0 atom stereocenters. The molecule has 0 radical (unpaired) electrons. The highest BCUT2D eigenvalue weighted by molar-refractivity contribution is 7.73. The van der Waals surface area contributed by atoms with Gasteiger partial charge in [-0.2, -0.15) is 0 Å². The average molecular weight is 254 g/mol. The molecule has 0 aliphatic heterocycles.